The fourth-order valence-corrected chi connectivity index (χ4v) is 1.83. The zero-order valence-electron chi connectivity index (χ0n) is 8.17. The van der Waals surface area contributed by atoms with E-state index in [0.29, 0.717) is 6.61 Å². The Morgan fingerprint density at radius 2 is 2.29 bits per heavy atom. The number of hydrogen-bond donors (Lipinski definition) is 1. The number of hydrogen-bond acceptors (Lipinski definition) is 2. The highest BCUT2D eigenvalue weighted by molar-refractivity contribution is 7.80. The number of rotatable bonds is 2. The summed E-state index contributed by atoms with van der Waals surface area (Å²) in [6, 6.07) is 6.10. The van der Waals surface area contributed by atoms with Crippen molar-refractivity contribution in [3.63, 3.8) is 0 Å². The second-order valence-corrected chi connectivity index (χ2v) is 3.79. The van der Waals surface area contributed by atoms with Gasteiger partial charge in [0.25, 0.3) is 0 Å². The minimum atomic E-state index is 0.713. The van der Waals surface area contributed by atoms with Crippen LogP contribution in [0.4, 0.5) is 5.69 Å². The molecule has 3 heteroatoms. The molecule has 0 atom stereocenters. The third kappa shape index (κ3) is 1.87. The monoisotopic (exact) mass is 207 g/mol. The molecule has 2 rings (SSSR count). The molecule has 0 fully saturated rings. The van der Waals surface area contributed by atoms with Gasteiger partial charge in [0.05, 0.1) is 11.6 Å². The predicted octanol–water partition coefficient (Wildman–Crippen LogP) is 2.77. The summed E-state index contributed by atoms with van der Waals surface area (Å²) in [5.74, 6) is 0.945. The first kappa shape index (κ1) is 9.46. The van der Waals surface area contributed by atoms with Gasteiger partial charge in [-0.1, -0.05) is 12.2 Å². The minimum Gasteiger partial charge on any atom is -0.494 e. The molecular weight excluding hydrogens is 194 g/mol. The fourth-order valence-electron chi connectivity index (χ4n) is 1.62. The smallest absolute Gasteiger partial charge is 0.119 e. The molecule has 2 nitrogen and oxygen atoms in total. The number of benzene rings is 1. The predicted molar refractivity (Wildman–Crippen MR) is 62.2 cm³/mol. The van der Waals surface area contributed by atoms with Gasteiger partial charge < -0.3 is 10.1 Å². The van der Waals surface area contributed by atoms with Crippen LogP contribution in [0.1, 0.15) is 18.9 Å². The largest absolute Gasteiger partial charge is 0.494 e. The number of thiocarbonyl (C=S) groups is 1. The maximum atomic E-state index is 5.44. The van der Waals surface area contributed by atoms with Crippen LogP contribution in [0, 0.1) is 0 Å². The summed E-state index contributed by atoms with van der Waals surface area (Å²) in [6.45, 7) is 2.71. The molecule has 1 aliphatic rings. The van der Waals surface area contributed by atoms with Gasteiger partial charge in [-0.05, 0) is 37.1 Å². The quantitative estimate of drug-likeness (QED) is 0.753. The van der Waals surface area contributed by atoms with Crippen LogP contribution in [0.25, 0.3) is 0 Å². The maximum absolute atomic E-state index is 5.44. The van der Waals surface area contributed by atoms with Crippen LogP contribution in [-0.4, -0.2) is 11.6 Å². The van der Waals surface area contributed by atoms with E-state index in [0.717, 1.165) is 29.3 Å². The van der Waals surface area contributed by atoms with Gasteiger partial charge in [0, 0.05) is 12.1 Å². The van der Waals surface area contributed by atoms with Gasteiger partial charge in [-0.3, -0.25) is 0 Å². The maximum Gasteiger partial charge on any atom is 0.119 e. The molecule has 0 aliphatic carbocycles. The summed E-state index contributed by atoms with van der Waals surface area (Å²) in [4.78, 5) is 0.932. The van der Waals surface area contributed by atoms with Crippen molar-refractivity contribution >= 4 is 22.9 Å². The van der Waals surface area contributed by atoms with Gasteiger partial charge >= 0.3 is 0 Å². The van der Waals surface area contributed by atoms with Gasteiger partial charge in [0.1, 0.15) is 5.75 Å². The number of anilines is 1. The highest BCUT2D eigenvalue weighted by Gasteiger charge is 2.12. The molecule has 0 saturated heterocycles. The lowest BCUT2D eigenvalue weighted by Gasteiger charge is -2.19. The van der Waals surface area contributed by atoms with Gasteiger partial charge in [-0.25, -0.2) is 0 Å². The Morgan fingerprint density at radius 1 is 1.43 bits per heavy atom. The first-order chi connectivity index (χ1) is 6.79. The molecule has 14 heavy (non-hydrogen) atoms. The lowest BCUT2D eigenvalue weighted by atomic mass is 10.0. The van der Waals surface area contributed by atoms with E-state index in [1.54, 1.807) is 0 Å². The van der Waals surface area contributed by atoms with Gasteiger partial charge in [-0.2, -0.15) is 0 Å². The first-order valence-corrected chi connectivity index (χ1v) is 5.26. The lowest BCUT2D eigenvalue weighted by Crippen LogP contribution is -2.17. The fraction of sp³-hybridized carbons (Fsp3) is 0.364. The number of ether oxygens (including phenoxy) is 1. The van der Waals surface area contributed by atoms with E-state index in [1.807, 2.05) is 19.1 Å². The molecule has 0 unspecified atom stereocenters. The lowest BCUT2D eigenvalue weighted by molar-refractivity contribution is 0.340. The van der Waals surface area contributed by atoms with Crippen molar-refractivity contribution in [1.82, 2.24) is 0 Å². The second-order valence-electron chi connectivity index (χ2n) is 3.30. The van der Waals surface area contributed by atoms with Crippen molar-refractivity contribution in [3.8, 4) is 5.75 Å². The van der Waals surface area contributed by atoms with Crippen LogP contribution in [0.5, 0.6) is 5.75 Å². The highest BCUT2D eigenvalue weighted by atomic mass is 32.1. The third-order valence-corrected chi connectivity index (χ3v) is 2.59. The van der Waals surface area contributed by atoms with E-state index in [2.05, 4.69) is 11.4 Å². The molecule has 0 amide bonds. The molecule has 1 aromatic rings. The zero-order chi connectivity index (χ0) is 9.97. The Kier molecular flexibility index (Phi) is 2.68. The van der Waals surface area contributed by atoms with Crippen LogP contribution in [0.2, 0.25) is 0 Å². The highest BCUT2D eigenvalue weighted by Crippen LogP contribution is 2.27. The van der Waals surface area contributed by atoms with E-state index in [4.69, 9.17) is 17.0 Å². The molecule has 0 saturated carbocycles. The molecule has 1 heterocycles. The van der Waals surface area contributed by atoms with E-state index in [9.17, 15) is 0 Å². The third-order valence-electron chi connectivity index (χ3n) is 2.28. The van der Waals surface area contributed by atoms with Crippen molar-refractivity contribution in [1.29, 1.82) is 0 Å². The molecule has 0 bridgehead atoms. The van der Waals surface area contributed by atoms with Crippen LogP contribution < -0.4 is 10.1 Å². The number of fused-ring (bicyclic) bond motifs is 1. The Bertz CT molecular complexity index is 362. The Labute approximate surface area is 89.3 Å². The van der Waals surface area contributed by atoms with E-state index in [1.165, 1.54) is 5.56 Å². The molecular formula is C11H13NOS. The second kappa shape index (κ2) is 3.96. The van der Waals surface area contributed by atoms with Crippen molar-refractivity contribution in [3.05, 3.63) is 23.8 Å². The van der Waals surface area contributed by atoms with Gasteiger partial charge in [-0.15, -0.1) is 0 Å². The van der Waals surface area contributed by atoms with Crippen LogP contribution >= 0.6 is 12.2 Å². The molecule has 1 N–H and O–H groups in total. The SMILES string of the molecule is CCOc1ccc2c(c1)CCC(=S)N2. The molecule has 0 spiro atoms. The Hall–Kier alpha value is -1.09. The normalized spacial score (nSPS) is 14.5. The molecule has 0 aromatic heterocycles. The Morgan fingerprint density at radius 3 is 3.07 bits per heavy atom. The summed E-state index contributed by atoms with van der Waals surface area (Å²) in [5.41, 5.74) is 2.43. The first-order valence-electron chi connectivity index (χ1n) is 4.85. The molecule has 1 aliphatic heterocycles. The van der Waals surface area contributed by atoms with E-state index < -0.39 is 0 Å². The van der Waals surface area contributed by atoms with Crippen LogP contribution in [0.3, 0.4) is 0 Å². The summed E-state index contributed by atoms with van der Waals surface area (Å²) in [6.07, 6.45) is 1.96. The standard InChI is InChI=1S/C11H13NOS/c1-2-13-9-4-5-10-8(7-9)3-6-11(14)12-10/h4-5,7H,2-3,6H2,1H3,(H,12,14). The van der Waals surface area contributed by atoms with Gasteiger partial charge in [0.2, 0.25) is 0 Å². The average Bonchev–Trinajstić information content (AvgIpc) is 2.19. The Balaban J connectivity index is 2.26. The number of aryl methyl sites for hydroxylation is 1. The summed E-state index contributed by atoms with van der Waals surface area (Å²) >= 11 is 5.12. The van der Waals surface area contributed by atoms with Crippen molar-refractivity contribution in [2.45, 2.75) is 19.8 Å². The topological polar surface area (TPSA) is 21.3 Å². The minimum absolute atomic E-state index is 0.713. The van der Waals surface area contributed by atoms with E-state index in [-0.39, 0.29) is 0 Å². The summed E-state index contributed by atoms with van der Waals surface area (Å²) in [7, 11) is 0. The summed E-state index contributed by atoms with van der Waals surface area (Å²) < 4.78 is 5.44. The number of nitrogens with one attached hydrogen (secondary N) is 1. The van der Waals surface area contributed by atoms with Crippen molar-refractivity contribution in [2.75, 3.05) is 11.9 Å². The van der Waals surface area contributed by atoms with Crippen molar-refractivity contribution < 1.29 is 4.74 Å². The van der Waals surface area contributed by atoms with Crippen LogP contribution in [0.15, 0.2) is 18.2 Å². The molecule has 0 radical (unpaired) electrons. The molecule has 1 aromatic carbocycles. The van der Waals surface area contributed by atoms with Gasteiger partial charge in [0.15, 0.2) is 0 Å². The molecule has 74 valence electrons. The van der Waals surface area contributed by atoms with E-state index >= 15 is 0 Å². The van der Waals surface area contributed by atoms with Crippen LogP contribution in [-0.2, 0) is 6.42 Å². The van der Waals surface area contributed by atoms with Crippen molar-refractivity contribution in [2.24, 2.45) is 0 Å². The average molecular weight is 207 g/mol. The zero-order valence-corrected chi connectivity index (χ0v) is 8.99. The summed E-state index contributed by atoms with van der Waals surface area (Å²) in [5, 5.41) is 3.21.